The zero-order chi connectivity index (χ0) is 30.7. The number of nitrogens with zero attached hydrogens (tertiary/aromatic N) is 5. The lowest BCUT2D eigenvalue weighted by molar-refractivity contribution is -0.118. The van der Waals surface area contributed by atoms with E-state index in [9.17, 15) is 23.6 Å². The SMILES string of the molecule is CN1CCN(c2cc(N(C)C)cn3c(=O)c(OCc4ccccc4)c(C(=O)CCC(=O)Cc4ccc(F)cc4)nc23)C1=O. The van der Waals surface area contributed by atoms with E-state index >= 15 is 0 Å². The van der Waals surface area contributed by atoms with Gasteiger partial charge < -0.3 is 14.5 Å². The minimum absolute atomic E-state index is 0.0171. The molecule has 0 atom stereocenters. The lowest BCUT2D eigenvalue weighted by atomic mass is 10.0. The summed E-state index contributed by atoms with van der Waals surface area (Å²) < 4.78 is 20.5. The van der Waals surface area contributed by atoms with Gasteiger partial charge in [0, 0.05) is 59.7 Å². The second kappa shape index (κ2) is 12.4. The van der Waals surface area contributed by atoms with Crippen LogP contribution in [-0.4, -0.2) is 66.1 Å². The number of pyridine rings is 1. The summed E-state index contributed by atoms with van der Waals surface area (Å²) in [4.78, 5) is 62.8. The predicted molar refractivity (Wildman–Crippen MR) is 161 cm³/mol. The number of anilines is 2. The molecule has 11 heteroatoms. The highest BCUT2D eigenvalue weighted by atomic mass is 19.1. The number of amides is 2. The summed E-state index contributed by atoms with van der Waals surface area (Å²) in [6.45, 7) is 0.885. The number of ketones is 2. The highest BCUT2D eigenvalue weighted by Crippen LogP contribution is 2.30. The molecule has 2 aromatic carbocycles. The third kappa shape index (κ3) is 6.40. The number of likely N-dealkylation sites (N-methyl/N-ethyl adjacent to an activating group) is 1. The molecule has 0 saturated carbocycles. The van der Waals surface area contributed by atoms with Gasteiger partial charge in [-0.25, -0.2) is 14.2 Å². The lowest BCUT2D eigenvalue weighted by Gasteiger charge is -2.22. The lowest BCUT2D eigenvalue weighted by Crippen LogP contribution is -2.31. The maximum Gasteiger partial charge on any atom is 0.324 e. The first-order chi connectivity index (χ1) is 20.6. The van der Waals surface area contributed by atoms with Crippen LogP contribution < -0.4 is 20.1 Å². The van der Waals surface area contributed by atoms with E-state index in [1.54, 1.807) is 29.1 Å². The smallest absolute Gasteiger partial charge is 0.324 e. The standard InChI is InChI=1S/C32H32FN5O5/c1-35(2)24-18-26(37-16-15-36(3)32(37)42)30-34-28(27(40)14-13-25(39)17-21-9-11-23(33)12-10-21)29(31(41)38(30)19-24)43-20-22-7-5-4-6-8-22/h4-12,18-19H,13-17,20H2,1-3H3. The molecule has 222 valence electrons. The van der Waals surface area contributed by atoms with Gasteiger partial charge in [-0.15, -0.1) is 0 Å². The van der Waals surface area contributed by atoms with Gasteiger partial charge in [0.2, 0.25) is 5.75 Å². The molecule has 43 heavy (non-hydrogen) atoms. The average molecular weight is 586 g/mol. The van der Waals surface area contributed by atoms with Crippen LogP contribution in [0.1, 0.15) is 34.5 Å². The Hall–Kier alpha value is -5.06. The second-order valence-corrected chi connectivity index (χ2v) is 10.7. The first-order valence-corrected chi connectivity index (χ1v) is 13.9. The Labute approximate surface area is 247 Å². The first kappa shape index (κ1) is 29.4. The summed E-state index contributed by atoms with van der Waals surface area (Å²) in [5.41, 5.74) is 1.78. The van der Waals surface area contributed by atoms with Crippen molar-refractivity contribution < 1.29 is 23.5 Å². The highest BCUT2D eigenvalue weighted by molar-refractivity contribution is 6.01. The summed E-state index contributed by atoms with van der Waals surface area (Å²) >= 11 is 0. The molecule has 0 spiro atoms. The van der Waals surface area contributed by atoms with E-state index in [0.29, 0.717) is 30.0 Å². The van der Waals surface area contributed by atoms with E-state index in [0.717, 1.165) is 5.56 Å². The van der Waals surface area contributed by atoms with Gasteiger partial charge in [0.25, 0.3) is 0 Å². The van der Waals surface area contributed by atoms with E-state index in [4.69, 9.17) is 4.74 Å². The van der Waals surface area contributed by atoms with Crippen LogP contribution in [0.5, 0.6) is 5.75 Å². The topological polar surface area (TPSA) is 105 Å². The molecule has 5 rings (SSSR count). The van der Waals surface area contributed by atoms with Gasteiger partial charge in [0.15, 0.2) is 17.1 Å². The predicted octanol–water partition coefficient (Wildman–Crippen LogP) is 4.13. The van der Waals surface area contributed by atoms with Gasteiger partial charge in [0.1, 0.15) is 18.2 Å². The molecule has 0 radical (unpaired) electrons. The Bertz CT molecular complexity index is 1740. The number of aromatic nitrogens is 2. The molecule has 10 nitrogen and oxygen atoms in total. The largest absolute Gasteiger partial charge is 0.481 e. The number of hydrogen-bond acceptors (Lipinski definition) is 7. The van der Waals surface area contributed by atoms with Crippen LogP contribution in [0, 0.1) is 5.82 Å². The first-order valence-electron chi connectivity index (χ1n) is 13.9. The minimum atomic E-state index is -0.605. The average Bonchev–Trinajstić information content (AvgIpc) is 3.33. The van der Waals surface area contributed by atoms with Crippen molar-refractivity contribution in [3.63, 3.8) is 0 Å². The number of fused-ring (bicyclic) bond motifs is 1. The van der Waals surface area contributed by atoms with Crippen LogP contribution in [0.25, 0.3) is 5.65 Å². The van der Waals surface area contributed by atoms with Crippen molar-refractivity contribution in [3.8, 4) is 5.75 Å². The van der Waals surface area contributed by atoms with Gasteiger partial charge in [-0.2, -0.15) is 0 Å². The van der Waals surface area contributed by atoms with Crippen molar-refractivity contribution in [1.82, 2.24) is 14.3 Å². The highest BCUT2D eigenvalue weighted by Gasteiger charge is 2.31. The van der Waals surface area contributed by atoms with E-state index in [2.05, 4.69) is 4.98 Å². The van der Waals surface area contributed by atoms with Crippen LogP contribution in [0.4, 0.5) is 20.6 Å². The fourth-order valence-corrected chi connectivity index (χ4v) is 4.84. The number of urea groups is 1. The molecular formula is C32H32FN5O5. The summed E-state index contributed by atoms with van der Waals surface area (Å²) in [6, 6.07) is 16.3. The molecule has 1 fully saturated rings. The van der Waals surface area contributed by atoms with Crippen molar-refractivity contribution in [3.05, 3.63) is 99.9 Å². The van der Waals surface area contributed by atoms with E-state index in [1.165, 1.54) is 33.6 Å². The number of hydrogen-bond donors (Lipinski definition) is 0. The third-order valence-electron chi connectivity index (χ3n) is 7.31. The van der Waals surface area contributed by atoms with Gasteiger partial charge in [-0.05, 0) is 29.3 Å². The maximum absolute atomic E-state index is 14.0. The number of Topliss-reactive ketones (excluding diaryl/α,β-unsaturated/α-hetero) is 2. The number of ether oxygens (including phenoxy) is 1. The zero-order valence-electron chi connectivity index (χ0n) is 24.2. The van der Waals surface area contributed by atoms with Crippen LogP contribution in [-0.2, 0) is 17.8 Å². The Balaban J connectivity index is 1.54. The normalized spacial score (nSPS) is 13.1. The fraction of sp³-hybridized carbons (Fsp3) is 0.281. The number of carbonyl (C=O) groups excluding carboxylic acids is 3. The second-order valence-electron chi connectivity index (χ2n) is 10.7. The maximum atomic E-state index is 14.0. The van der Waals surface area contributed by atoms with E-state index < -0.39 is 17.2 Å². The quantitative estimate of drug-likeness (QED) is 0.244. The summed E-state index contributed by atoms with van der Waals surface area (Å²) in [5.74, 6) is -1.39. The molecule has 0 N–H and O–H groups in total. The molecule has 1 aliphatic rings. The summed E-state index contributed by atoms with van der Waals surface area (Å²) in [5, 5.41) is 0. The minimum Gasteiger partial charge on any atom is -0.481 e. The number of rotatable bonds is 11. The molecular weight excluding hydrogens is 553 g/mol. The molecule has 0 aliphatic carbocycles. The monoisotopic (exact) mass is 585 g/mol. The molecule has 2 amide bonds. The van der Waals surface area contributed by atoms with Gasteiger partial charge in [-0.1, -0.05) is 42.5 Å². The van der Waals surface area contributed by atoms with Crippen molar-refractivity contribution in [2.75, 3.05) is 44.0 Å². The number of halogens is 1. The van der Waals surface area contributed by atoms with Crippen LogP contribution in [0.2, 0.25) is 0 Å². The summed E-state index contributed by atoms with van der Waals surface area (Å²) in [7, 11) is 5.32. The van der Waals surface area contributed by atoms with Crippen LogP contribution in [0.15, 0.2) is 71.7 Å². The molecule has 4 aromatic rings. The van der Waals surface area contributed by atoms with Crippen molar-refractivity contribution in [2.24, 2.45) is 0 Å². The Morgan fingerprint density at radius 2 is 1.70 bits per heavy atom. The van der Waals surface area contributed by atoms with Crippen molar-refractivity contribution in [2.45, 2.75) is 25.9 Å². The zero-order valence-corrected chi connectivity index (χ0v) is 24.2. The van der Waals surface area contributed by atoms with E-state index in [-0.39, 0.29) is 54.8 Å². The van der Waals surface area contributed by atoms with Gasteiger partial charge >= 0.3 is 11.6 Å². The molecule has 2 aromatic heterocycles. The Morgan fingerprint density at radius 3 is 2.35 bits per heavy atom. The molecule has 1 aliphatic heterocycles. The van der Waals surface area contributed by atoms with Gasteiger partial charge in [0.05, 0.1) is 11.4 Å². The fourth-order valence-electron chi connectivity index (χ4n) is 4.84. The molecule has 1 saturated heterocycles. The third-order valence-corrected chi connectivity index (χ3v) is 7.31. The molecule has 0 unspecified atom stereocenters. The van der Waals surface area contributed by atoms with Crippen LogP contribution in [0.3, 0.4) is 0 Å². The van der Waals surface area contributed by atoms with Crippen LogP contribution >= 0.6 is 0 Å². The van der Waals surface area contributed by atoms with Gasteiger partial charge in [-0.3, -0.25) is 23.7 Å². The van der Waals surface area contributed by atoms with Crippen molar-refractivity contribution in [1.29, 1.82) is 0 Å². The Kier molecular flexibility index (Phi) is 8.51. The Morgan fingerprint density at radius 1 is 0.977 bits per heavy atom. The van der Waals surface area contributed by atoms with E-state index in [1.807, 2.05) is 44.4 Å². The molecule has 0 bridgehead atoms. The summed E-state index contributed by atoms with van der Waals surface area (Å²) in [6.07, 6.45) is 1.33. The van der Waals surface area contributed by atoms with Crippen molar-refractivity contribution >= 4 is 34.6 Å². The number of carbonyl (C=O) groups is 3. The number of benzene rings is 2. The molecule has 3 heterocycles.